The van der Waals surface area contributed by atoms with Crippen molar-refractivity contribution < 1.29 is 24.0 Å². The zero-order chi connectivity index (χ0) is 13.3. The second kappa shape index (κ2) is 8.98. The lowest BCUT2D eigenvalue weighted by molar-refractivity contribution is -0.912. The van der Waals surface area contributed by atoms with Gasteiger partial charge in [0.25, 0.3) is 0 Å². The van der Waals surface area contributed by atoms with Crippen molar-refractivity contribution in [3.8, 4) is 0 Å². The Morgan fingerprint density at radius 1 is 1.00 bits per heavy atom. The number of quaternary nitrogens is 1. The zero-order valence-electron chi connectivity index (χ0n) is 11.2. The van der Waals surface area contributed by atoms with Crippen LogP contribution in [0, 0.1) is 0 Å². The van der Waals surface area contributed by atoms with Crippen LogP contribution in [0.5, 0.6) is 0 Å². The Labute approximate surface area is 103 Å². The van der Waals surface area contributed by atoms with Crippen LogP contribution in [0.3, 0.4) is 0 Å². The number of hydrogen-bond donors (Lipinski definition) is 1. The Balaban J connectivity index is 4.59. The van der Waals surface area contributed by atoms with Gasteiger partial charge in [0.05, 0.1) is 26.3 Å². The third-order valence-electron chi connectivity index (χ3n) is 2.65. The van der Waals surface area contributed by atoms with E-state index in [0.29, 0.717) is 13.2 Å². The predicted molar refractivity (Wildman–Crippen MR) is 63.7 cm³/mol. The molecule has 1 N–H and O–H groups in total. The molecule has 0 aromatic heterocycles. The maximum atomic E-state index is 11.8. The summed E-state index contributed by atoms with van der Waals surface area (Å²) < 4.78 is 9.88. The molecule has 0 aliphatic heterocycles. The van der Waals surface area contributed by atoms with Gasteiger partial charge < -0.3 is 14.4 Å². The second-order valence-electron chi connectivity index (χ2n) is 3.68. The van der Waals surface area contributed by atoms with Gasteiger partial charge in [-0.05, 0) is 27.7 Å². The van der Waals surface area contributed by atoms with E-state index >= 15 is 0 Å². The molecule has 0 bridgehead atoms. The highest BCUT2D eigenvalue weighted by Crippen LogP contribution is 1.96. The molecular weight excluding hydrogens is 222 g/mol. The average molecular weight is 246 g/mol. The number of hydrogen-bond acceptors (Lipinski definition) is 4. The quantitative estimate of drug-likeness (QED) is 0.602. The highest BCUT2D eigenvalue weighted by atomic mass is 16.5. The van der Waals surface area contributed by atoms with Gasteiger partial charge in [-0.2, -0.15) is 0 Å². The summed E-state index contributed by atoms with van der Waals surface area (Å²) in [5.74, 6) is -0.663. The van der Waals surface area contributed by atoms with Crippen LogP contribution in [-0.4, -0.2) is 44.3 Å². The first kappa shape index (κ1) is 15.9. The molecule has 0 aliphatic rings. The minimum absolute atomic E-state index is 0.0870. The summed E-state index contributed by atoms with van der Waals surface area (Å²) in [4.78, 5) is 24.3. The fourth-order valence-corrected chi connectivity index (χ4v) is 1.77. The van der Waals surface area contributed by atoms with E-state index in [4.69, 9.17) is 9.47 Å². The van der Waals surface area contributed by atoms with Gasteiger partial charge in [-0.3, -0.25) is 4.79 Å². The third-order valence-corrected chi connectivity index (χ3v) is 2.65. The standard InChI is InChI=1S/C12H23NO4/c1-5-13(6-2)10(12(15)17-8-4)9-11(14)16-7-3/h10H,5-9H2,1-4H3/p+1/t10-/m0/s1. The zero-order valence-corrected chi connectivity index (χ0v) is 11.2. The molecule has 1 atom stereocenters. The van der Waals surface area contributed by atoms with Crippen molar-refractivity contribution in [3.05, 3.63) is 0 Å². The fourth-order valence-electron chi connectivity index (χ4n) is 1.77. The van der Waals surface area contributed by atoms with E-state index < -0.39 is 6.04 Å². The van der Waals surface area contributed by atoms with Gasteiger partial charge in [0.15, 0.2) is 6.04 Å². The average Bonchev–Trinajstić information content (AvgIpc) is 2.30. The van der Waals surface area contributed by atoms with Gasteiger partial charge in [-0.25, -0.2) is 4.79 Å². The number of carbonyl (C=O) groups excluding carboxylic acids is 2. The fraction of sp³-hybridized carbons (Fsp3) is 0.833. The van der Waals surface area contributed by atoms with Crippen LogP contribution in [0.4, 0.5) is 0 Å². The van der Waals surface area contributed by atoms with E-state index in [2.05, 4.69) is 0 Å². The summed E-state index contributed by atoms with van der Waals surface area (Å²) in [6, 6.07) is -0.455. The molecule has 0 saturated heterocycles. The van der Waals surface area contributed by atoms with E-state index in [0.717, 1.165) is 18.0 Å². The molecule has 0 radical (unpaired) electrons. The SMILES string of the molecule is CCOC(=O)C[C@@H](C(=O)OCC)[NH+](CC)CC. The normalized spacial score (nSPS) is 12.3. The summed E-state index contributed by atoms with van der Waals surface area (Å²) in [6.45, 7) is 9.70. The van der Waals surface area contributed by atoms with Crippen LogP contribution in [0.2, 0.25) is 0 Å². The Hall–Kier alpha value is -1.10. The van der Waals surface area contributed by atoms with E-state index in [1.165, 1.54) is 0 Å². The number of nitrogens with one attached hydrogen (secondary N) is 1. The molecule has 0 aromatic carbocycles. The van der Waals surface area contributed by atoms with Gasteiger partial charge in [0, 0.05) is 0 Å². The minimum Gasteiger partial charge on any atom is -0.466 e. The summed E-state index contributed by atoms with van der Waals surface area (Å²) in [6.07, 6.45) is 0.0870. The summed E-state index contributed by atoms with van der Waals surface area (Å²) in [7, 11) is 0. The molecule has 0 aromatic rings. The molecule has 0 amide bonds. The number of likely N-dealkylation sites (N-methyl/N-ethyl adjacent to an activating group) is 1. The van der Waals surface area contributed by atoms with Gasteiger partial charge in [0.1, 0.15) is 6.42 Å². The molecule has 5 nitrogen and oxygen atoms in total. The molecule has 0 saturated carbocycles. The van der Waals surface area contributed by atoms with Crippen molar-refractivity contribution in [2.24, 2.45) is 0 Å². The first-order valence-corrected chi connectivity index (χ1v) is 6.27. The maximum absolute atomic E-state index is 11.8. The van der Waals surface area contributed by atoms with E-state index in [9.17, 15) is 9.59 Å². The van der Waals surface area contributed by atoms with E-state index in [1.54, 1.807) is 13.8 Å². The molecule has 0 aliphatic carbocycles. The van der Waals surface area contributed by atoms with E-state index in [1.807, 2.05) is 13.8 Å². The van der Waals surface area contributed by atoms with Crippen LogP contribution in [0.15, 0.2) is 0 Å². The monoisotopic (exact) mass is 246 g/mol. The molecule has 5 heteroatoms. The second-order valence-corrected chi connectivity index (χ2v) is 3.68. The largest absolute Gasteiger partial charge is 0.466 e. The Bertz CT molecular complexity index is 239. The van der Waals surface area contributed by atoms with Crippen LogP contribution in [0.25, 0.3) is 0 Å². The first-order chi connectivity index (χ1) is 8.10. The number of ether oxygens (including phenoxy) is 2. The van der Waals surface area contributed by atoms with Gasteiger partial charge in [0.2, 0.25) is 0 Å². The maximum Gasteiger partial charge on any atom is 0.365 e. The van der Waals surface area contributed by atoms with E-state index in [-0.39, 0.29) is 18.4 Å². The Kier molecular flexibility index (Phi) is 8.40. The predicted octanol–water partition coefficient (Wildman–Crippen LogP) is -0.204. The number of carbonyl (C=O) groups is 2. The Morgan fingerprint density at radius 2 is 1.53 bits per heavy atom. The van der Waals surface area contributed by atoms with Crippen molar-refractivity contribution in [2.75, 3.05) is 26.3 Å². The minimum atomic E-state index is -0.455. The Morgan fingerprint density at radius 3 is 1.94 bits per heavy atom. The molecule has 0 unspecified atom stereocenters. The molecule has 0 rings (SSSR count). The van der Waals surface area contributed by atoms with Gasteiger partial charge in [-0.1, -0.05) is 0 Å². The van der Waals surface area contributed by atoms with Crippen LogP contribution in [-0.2, 0) is 19.1 Å². The number of rotatable bonds is 8. The van der Waals surface area contributed by atoms with Gasteiger partial charge in [-0.15, -0.1) is 0 Å². The molecule has 100 valence electrons. The van der Waals surface area contributed by atoms with Crippen LogP contribution < -0.4 is 4.90 Å². The first-order valence-electron chi connectivity index (χ1n) is 6.27. The molecule has 17 heavy (non-hydrogen) atoms. The lowest BCUT2D eigenvalue weighted by Gasteiger charge is -2.24. The van der Waals surface area contributed by atoms with Crippen molar-refractivity contribution >= 4 is 11.9 Å². The number of esters is 2. The topological polar surface area (TPSA) is 57.0 Å². The van der Waals surface area contributed by atoms with Crippen molar-refractivity contribution in [3.63, 3.8) is 0 Å². The van der Waals surface area contributed by atoms with Crippen LogP contribution in [0.1, 0.15) is 34.1 Å². The molecule has 0 heterocycles. The highest BCUT2D eigenvalue weighted by molar-refractivity contribution is 5.81. The van der Waals surface area contributed by atoms with Crippen molar-refractivity contribution in [1.82, 2.24) is 0 Å². The van der Waals surface area contributed by atoms with Crippen molar-refractivity contribution in [1.29, 1.82) is 0 Å². The smallest absolute Gasteiger partial charge is 0.365 e. The lowest BCUT2D eigenvalue weighted by Crippen LogP contribution is -3.16. The lowest BCUT2D eigenvalue weighted by atomic mass is 10.1. The van der Waals surface area contributed by atoms with Crippen molar-refractivity contribution in [2.45, 2.75) is 40.2 Å². The van der Waals surface area contributed by atoms with Crippen LogP contribution >= 0.6 is 0 Å². The summed E-state index contributed by atoms with van der Waals surface area (Å²) >= 11 is 0. The molecule has 0 fully saturated rings. The molecule has 0 spiro atoms. The summed E-state index contributed by atoms with van der Waals surface area (Å²) in [5.41, 5.74) is 0. The molecular formula is C12H24NO4+. The third kappa shape index (κ3) is 5.68. The highest BCUT2D eigenvalue weighted by Gasteiger charge is 2.32. The summed E-state index contributed by atoms with van der Waals surface area (Å²) in [5, 5.41) is 0. The van der Waals surface area contributed by atoms with Gasteiger partial charge >= 0.3 is 11.9 Å².